The number of anilines is 1. The first-order valence-corrected chi connectivity index (χ1v) is 7.31. The highest BCUT2D eigenvalue weighted by atomic mass is 32.2. The van der Waals surface area contributed by atoms with E-state index in [2.05, 4.69) is 16.9 Å². The first-order valence-electron chi connectivity index (χ1n) is 6.15. The Morgan fingerprint density at radius 3 is 3.22 bits per heavy atom. The van der Waals surface area contributed by atoms with E-state index in [1.165, 1.54) is 17.9 Å². The standard InChI is InChI=1S/C13H17N3OS/c1-16(10-4-5-18-8-10)7-13-15-11-6-9(14)2-3-12(11)17-13/h2-3,6,10H,4-5,7-8,14H2,1H3. The van der Waals surface area contributed by atoms with E-state index in [0.717, 1.165) is 29.2 Å². The maximum Gasteiger partial charge on any atom is 0.209 e. The van der Waals surface area contributed by atoms with Crippen LogP contribution < -0.4 is 5.73 Å². The highest BCUT2D eigenvalue weighted by Gasteiger charge is 2.21. The molecule has 0 amide bonds. The van der Waals surface area contributed by atoms with Gasteiger partial charge in [0.15, 0.2) is 5.58 Å². The third-order valence-corrected chi connectivity index (χ3v) is 4.51. The molecule has 2 N–H and O–H groups in total. The SMILES string of the molecule is CN(Cc1nc2cc(N)ccc2o1)C1CCSC1. The van der Waals surface area contributed by atoms with Crippen LogP contribution in [0.2, 0.25) is 0 Å². The lowest BCUT2D eigenvalue weighted by atomic mass is 10.2. The molecule has 96 valence electrons. The Bertz CT molecular complexity index is 548. The van der Waals surface area contributed by atoms with Crippen LogP contribution in [0.15, 0.2) is 22.6 Å². The molecule has 4 nitrogen and oxygen atoms in total. The zero-order valence-corrected chi connectivity index (χ0v) is 11.2. The van der Waals surface area contributed by atoms with E-state index in [9.17, 15) is 0 Å². The number of hydrogen-bond acceptors (Lipinski definition) is 5. The summed E-state index contributed by atoms with van der Waals surface area (Å²) >= 11 is 2.02. The van der Waals surface area contributed by atoms with Crippen LogP contribution in [0.25, 0.3) is 11.1 Å². The second kappa shape index (κ2) is 4.82. The van der Waals surface area contributed by atoms with Crippen LogP contribution in [0.1, 0.15) is 12.3 Å². The third-order valence-electron chi connectivity index (χ3n) is 3.37. The van der Waals surface area contributed by atoms with Gasteiger partial charge in [0.25, 0.3) is 0 Å². The van der Waals surface area contributed by atoms with Crippen molar-refractivity contribution in [1.82, 2.24) is 9.88 Å². The second-order valence-electron chi connectivity index (χ2n) is 4.77. The molecular formula is C13H17N3OS. The number of thioether (sulfide) groups is 1. The molecule has 0 saturated carbocycles. The van der Waals surface area contributed by atoms with Crippen molar-refractivity contribution >= 4 is 28.5 Å². The summed E-state index contributed by atoms with van der Waals surface area (Å²) in [5.41, 5.74) is 8.12. The van der Waals surface area contributed by atoms with E-state index in [4.69, 9.17) is 10.2 Å². The first kappa shape index (κ1) is 11.9. The molecular weight excluding hydrogens is 246 g/mol. The molecule has 1 aliphatic heterocycles. The maximum absolute atomic E-state index is 5.74. The Morgan fingerprint density at radius 1 is 1.56 bits per heavy atom. The molecule has 1 aromatic carbocycles. The van der Waals surface area contributed by atoms with Crippen LogP contribution in [0.4, 0.5) is 5.69 Å². The number of benzene rings is 1. The van der Waals surface area contributed by atoms with Crippen molar-refractivity contribution in [2.45, 2.75) is 19.0 Å². The van der Waals surface area contributed by atoms with E-state index in [0.29, 0.717) is 6.04 Å². The maximum atomic E-state index is 5.74. The number of aromatic nitrogens is 1. The van der Waals surface area contributed by atoms with Gasteiger partial charge in [0, 0.05) is 17.5 Å². The molecule has 0 spiro atoms. The lowest BCUT2D eigenvalue weighted by Crippen LogP contribution is -2.30. The van der Waals surface area contributed by atoms with Gasteiger partial charge in [-0.15, -0.1) is 0 Å². The molecule has 1 saturated heterocycles. The Labute approximate surface area is 111 Å². The van der Waals surface area contributed by atoms with Crippen molar-refractivity contribution in [2.24, 2.45) is 0 Å². The fourth-order valence-electron chi connectivity index (χ4n) is 2.27. The lowest BCUT2D eigenvalue weighted by molar-refractivity contribution is 0.232. The smallest absolute Gasteiger partial charge is 0.209 e. The predicted molar refractivity (Wildman–Crippen MR) is 75.6 cm³/mol. The quantitative estimate of drug-likeness (QED) is 0.861. The number of nitrogen functional groups attached to an aromatic ring is 1. The number of fused-ring (bicyclic) bond motifs is 1. The van der Waals surface area contributed by atoms with Gasteiger partial charge in [0.2, 0.25) is 5.89 Å². The molecule has 1 aromatic heterocycles. The summed E-state index contributed by atoms with van der Waals surface area (Å²) in [5, 5.41) is 0. The van der Waals surface area contributed by atoms with Gasteiger partial charge in [0.1, 0.15) is 5.52 Å². The molecule has 1 unspecified atom stereocenters. The molecule has 5 heteroatoms. The Balaban J connectivity index is 1.77. The minimum absolute atomic E-state index is 0.648. The number of nitrogens with zero attached hydrogens (tertiary/aromatic N) is 2. The summed E-state index contributed by atoms with van der Waals surface area (Å²) in [6, 6.07) is 6.23. The Kier molecular flexibility index (Phi) is 3.18. The minimum atomic E-state index is 0.648. The van der Waals surface area contributed by atoms with E-state index in [1.807, 2.05) is 30.0 Å². The monoisotopic (exact) mass is 263 g/mol. The molecule has 0 radical (unpaired) electrons. The molecule has 2 aromatic rings. The largest absolute Gasteiger partial charge is 0.439 e. The van der Waals surface area contributed by atoms with Gasteiger partial charge in [-0.3, -0.25) is 4.90 Å². The average Bonchev–Trinajstić information content (AvgIpc) is 2.95. The third kappa shape index (κ3) is 2.33. The normalized spacial score (nSPS) is 20.0. The van der Waals surface area contributed by atoms with Gasteiger partial charge in [-0.05, 0) is 37.4 Å². The van der Waals surface area contributed by atoms with Crippen molar-refractivity contribution in [3.8, 4) is 0 Å². The summed E-state index contributed by atoms with van der Waals surface area (Å²) in [4.78, 5) is 6.82. The van der Waals surface area contributed by atoms with Gasteiger partial charge in [-0.25, -0.2) is 4.98 Å². The zero-order valence-electron chi connectivity index (χ0n) is 10.4. The summed E-state index contributed by atoms with van der Waals surface area (Å²) in [5.74, 6) is 3.25. The predicted octanol–water partition coefficient (Wildman–Crippen LogP) is 2.35. The minimum Gasteiger partial charge on any atom is -0.439 e. The number of rotatable bonds is 3. The molecule has 0 bridgehead atoms. The van der Waals surface area contributed by atoms with E-state index in [-0.39, 0.29) is 0 Å². The van der Waals surface area contributed by atoms with E-state index < -0.39 is 0 Å². The number of nitrogens with two attached hydrogens (primary N) is 1. The molecule has 1 atom stereocenters. The van der Waals surface area contributed by atoms with Crippen molar-refractivity contribution < 1.29 is 4.42 Å². The fraction of sp³-hybridized carbons (Fsp3) is 0.462. The van der Waals surface area contributed by atoms with Gasteiger partial charge >= 0.3 is 0 Å². The van der Waals surface area contributed by atoms with E-state index in [1.54, 1.807) is 0 Å². The highest BCUT2D eigenvalue weighted by molar-refractivity contribution is 7.99. The van der Waals surface area contributed by atoms with Crippen molar-refractivity contribution in [3.05, 3.63) is 24.1 Å². The van der Waals surface area contributed by atoms with Gasteiger partial charge in [0.05, 0.1) is 6.54 Å². The van der Waals surface area contributed by atoms with Gasteiger partial charge < -0.3 is 10.2 Å². The lowest BCUT2D eigenvalue weighted by Gasteiger charge is -2.21. The topological polar surface area (TPSA) is 55.3 Å². The highest BCUT2D eigenvalue weighted by Crippen LogP contribution is 2.24. The zero-order chi connectivity index (χ0) is 12.5. The summed E-state index contributed by atoms with van der Waals surface area (Å²) in [6.45, 7) is 0.764. The Hall–Kier alpha value is -1.20. The molecule has 0 aliphatic carbocycles. The van der Waals surface area contributed by atoms with Crippen LogP contribution in [0, 0.1) is 0 Å². The number of hydrogen-bond donors (Lipinski definition) is 1. The number of oxazole rings is 1. The van der Waals surface area contributed by atoms with Gasteiger partial charge in [-0.2, -0.15) is 11.8 Å². The fourth-order valence-corrected chi connectivity index (χ4v) is 3.57. The van der Waals surface area contributed by atoms with Crippen LogP contribution in [-0.2, 0) is 6.54 Å². The first-order chi connectivity index (χ1) is 8.72. The molecule has 2 heterocycles. The van der Waals surface area contributed by atoms with Crippen molar-refractivity contribution in [3.63, 3.8) is 0 Å². The van der Waals surface area contributed by atoms with Crippen LogP contribution in [0.5, 0.6) is 0 Å². The molecule has 3 rings (SSSR count). The van der Waals surface area contributed by atoms with Crippen molar-refractivity contribution in [2.75, 3.05) is 24.3 Å². The van der Waals surface area contributed by atoms with Crippen LogP contribution in [0.3, 0.4) is 0 Å². The summed E-state index contributed by atoms with van der Waals surface area (Å²) in [6.07, 6.45) is 1.26. The van der Waals surface area contributed by atoms with Crippen LogP contribution >= 0.6 is 11.8 Å². The average molecular weight is 263 g/mol. The second-order valence-corrected chi connectivity index (χ2v) is 5.92. The van der Waals surface area contributed by atoms with Crippen LogP contribution in [-0.4, -0.2) is 34.5 Å². The van der Waals surface area contributed by atoms with Crippen molar-refractivity contribution in [1.29, 1.82) is 0 Å². The molecule has 1 aliphatic rings. The van der Waals surface area contributed by atoms with E-state index >= 15 is 0 Å². The summed E-state index contributed by atoms with van der Waals surface area (Å²) < 4.78 is 5.74. The molecule has 1 fully saturated rings. The Morgan fingerprint density at radius 2 is 2.44 bits per heavy atom. The van der Waals surface area contributed by atoms with Gasteiger partial charge in [-0.1, -0.05) is 0 Å². The molecule has 18 heavy (non-hydrogen) atoms. The summed E-state index contributed by atoms with van der Waals surface area (Å²) in [7, 11) is 2.14.